The van der Waals surface area contributed by atoms with Crippen LogP contribution in [-0.2, 0) is 4.79 Å². The Morgan fingerprint density at radius 1 is 1.13 bits per heavy atom. The van der Waals surface area contributed by atoms with E-state index >= 15 is 0 Å². The molecule has 15 heavy (non-hydrogen) atoms. The second-order valence-corrected chi connectivity index (χ2v) is 5.60. The minimum Gasteiger partial charge on any atom is -0.337 e. The van der Waals surface area contributed by atoms with E-state index < -0.39 is 0 Å². The summed E-state index contributed by atoms with van der Waals surface area (Å²) in [6.45, 7) is 13.5. The molecule has 0 N–H and O–H groups in total. The molecule has 0 aromatic carbocycles. The summed E-state index contributed by atoms with van der Waals surface area (Å²) in [5.74, 6) is 0.297. The standard InChI is InChI=1S/C12H24N2O/c1-10(2)13-7-6-11(15)14(9-8-13)12(3,4)5/h10H,6-9H2,1-5H3. The molecule has 1 saturated heterocycles. The average molecular weight is 212 g/mol. The first-order valence-electron chi connectivity index (χ1n) is 5.87. The van der Waals surface area contributed by atoms with E-state index in [-0.39, 0.29) is 5.54 Å². The van der Waals surface area contributed by atoms with E-state index in [1.807, 2.05) is 4.90 Å². The second kappa shape index (κ2) is 4.52. The maximum atomic E-state index is 11.9. The van der Waals surface area contributed by atoms with Gasteiger partial charge in [-0.2, -0.15) is 0 Å². The molecule has 1 aliphatic rings. The number of carbonyl (C=O) groups excluding carboxylic acids is 1. The van der Waals surface area contributed by atoms with E-state index in [0.29, 0.717) is 18.4 Å². The summed E-state index contributed by atoms with van der Waals surface area (Å²) in [5, 5.41) is 0. The molecule has 0 atom stereocenters. The SMILES string of the molecule is CC(C)N1CCC(=O)N(C(C)(C)C)CC1. The number of nitrogens with zero attached hydrogens (tertiary/aromatic N) is 2. The van der Waals surface area contributed by atoms with Gasteiger partial charge in [-0.25, -0.2) is 0 Å². The van der Waals surface area contributed by atoms with Gasteiger partial charge in [0.15, 0.2) is 0 Å². The lowest BCUT2D eigenvalue weighted by atomic mass is 10.1. The summed E-state index contributed by atoms with van der Waals surface area (Å²) in [6.07, 6.45) is 0.662. The van der Waals surface area contributed by atoms with Crippen LogP contribution in [0.2, 0.25) is 0 Å². The molecule has 0 saturated carbocycles. The zero-order chi connectivity index (χ0) is 11.6. The largest absolute Gasteiger partial charge is 0.337 e. The van der Waals surface area contributed by atoms with E-state index in [1.165, 1.54) is 0 Å². The van der Waals surface area contributed by atoms with Crippen LogP contribution in [-0.4, -0.2) is 46.9 Å². The molecule has 88 valence electrons. The number of hydrogen-bond acceptors (Lipinski definition) is 2. The Kier molecular flexibility index (Phi) is 3.77. The van der Waals surface area contributed by atoms with Gasteiger partial charge in [-0.3, -0.25) is 9.69 Å². The topological polar surface area (TPSA) is 23.6 Å². The molecule has 0 aliphatic carbocycles. The van der Waals surface area contributed by atoms with Gasteiger partial charge < -0.3 is 4.90 Å². The zero-order valence-corrected chi connectivity index (χ0v) is 10.7. The lowest BCUT2D eigenvalue weighted by Crippen LogP contribution is -2.46. The number of rotatable bonds is 1. The first kappa shape index (κ1) is 12.5. The molecule has 0 aromatic heterocycles. The van der Waals surface area contributed by atoms with Gasteiger partial charge in [0.05, 0.1) is 0 Å². The van der Waals surface area contributed by atoms with E-state index in [9.17, 15) is 4.79 Å². The molecule has 1 amide bonds. The summed E-state index contributed by atoms with van der Waals surface area (Å²) < 4.78 is 0. The van der Waals surface area contributed by atoms with Crippen molar-refractivity contribution < 1.29 is 4.79 Å². The highest BCUT2D eigenvalue weighted by atomic mass is 16.2. The van der Waals surface area contributed by atoms with Crippen molar-refractivity contribution in [3.05, 3.63) is 0 Å². The van der Waals surface area contributed by atoms with Gasteiger partial charge in [0.1, 0.15) is 0 Å². The van der Waals surface area contributed by atoms with Crippen LogP contribution in [0.25, 0.3) is 0 Å². The van der Waals surface area contributed by atoms with E-state index in [2.05, 4.69) is 39.5 Å². The van der Waals surface area contributed by atoms with E-state index in [1.54, 1.807) is 0 Å². The highest BCUT2D eigenvalue weighted by molar-refractivity contribution is 5.77. The summed E-state index contributed by atoms with van der Waals surface area (Å²) in [6, 6.07) is 0.540. The normalized spacial score (nSPS) is 20.9. The van der Waals surface area contributed by atoms with Crippen LogP contribution in [0.5, 0.6) is 0 Å². The number of hydrogen-bond donors (Lipinski definition) is 0. The van der Waals surface area contributed by atoms with Crippen LogP contribution in [0.15, 0.2) is 0 Å². The fraction of sp³-hybridized carbons (Fsp3) is 0.917. The molecule has 0 bridgehead atoms. The Morgan fingerprint density at radius 3 is 2.20 bits per heavy atom. The lowest BCUT2D eigenvalue weighted by molar-refractivity contribution is -0.134. The third-order valence-corrected chi connectivity index (χ3v) is 3.06. The molecule has 0 spiro atoms. The highest BCUT2D eigenvalue weighted by Crippen LogP contribution is 2.17. The molecular formula is C12H24N2O. The summed E-state index contributed by atoms with van der Waals surface area (Å²) >= 11 is 0. The fourth-order valence-electron chi connectivity index (χ4n) is 2.07. The van der Waals surface area contributed by atoms with Crippen molar-refractivity contribution in [3.63, 3.8) is 0 Å². The first-order valence-corrected chi connectivity index (χ1v) is 5.87. The van der Waals surface area contributed by atoms with Gasteiger partial charge in [-0.15, -0.1) is 0 Å². The van der Waals surface area contributed by atoms with Crippen LogP contribution in [0.1, 0.15) is 41.0 Å². The van der Waals surface area contributed by atoms with Crippen molar-refractivity contribution in [1.29, 1.82) is 0 Å². The third-order valence-electron chi connectivity index (χ3n) is 3.06. The van der Waals surface area contributed by atoms with Gasteiger partial charge >= 0.3 is 0 Å². The molecule has 0 unspecified atom stereocenters. The van der Waals surface area contributed by atoms with Crippen LogP contribution in [0.4, 0.5) is 0 Å². The van der Waals surface area contributed by atoms with Crippen molar-refractivity contribution in [1.82, 2.24) is 9.80 Å². The smallest absolute Gasteiger partial charge is 0.224 e. The van der Waals surface area contributed by atoms with Crippen LogP contribution in [0.3, 0.4) is 0 Å². The Labute approximate surface area is 93.4 Å². The predicted molar refractivity (Wildman–Crippen MR) is 62.8 cm³/mol. The maximum absolute atomic E-state index is 11.9. The molecule has 1 rings (SSSR count). The molecular weight excluding hydrogens is 188 g/mol. The molecule has 0 radical (unpaired) electrons. The maximum Gasteiger partial charge on any atom is 0.224 e. The van der Waals surface area contributed by atoms with E-state index in [0.717, 1.165) is 19.6 Å². The van der Waals surface area contributed by atoms with Gasteiger partial charge in [-0.05, 0) is 34.6 Å². The molecule has 1 heterocycles. The zero-order valence-electron chi connectivity index (χ0n) is 10.7. The van der Waals surface area contributed by atoms with Crippen molar-refractivity contribution in [2.45, 2.75) is 52.6 Å². The molecule has 0 aromatic rings. The van der Waals surface area contributed by atoms with Crippen molar-refractivity contribution in [3.8, 4) is 0 Å². The quantitative estimate of drug-likeness (QED) is 0.661. The average Bonchev–Trinajstić information content (AvgIpc) is 2.25. The predicted octanol–water partition coefficient (Wildman–Crippen LogP) is 1.73. The lowest BCUT2D eigenvalue weighted by Gasteiger charge is -2.35. The summed E-state index contributed by atoms with van der Waals surface area (Å²) in [5.41, 5.74) is -0.0376. The van der Waals surface area contributed by atoms with Crippen LogP contribution in [0, 0.1) is 0 Å². The molecule has 3 nitrogen and oxygen atoms in total. The van der Waals surface area contributed by atoms with Crippen LogP contribution >= 0.6 is 0 Å². The Hall–Kier alpha value is -0.570. The first-order chi connectivity index (χ1) is 6.82. The van der Waals surface area contributed by atoms with Crippen molar-refractivity contribution in [2.75, 3.05) is 19.6 Å². The second-order valence-electron chi connectivity index (χ2n) is 5.60. The van der Waals surface area contributed by atoms with Gasteiger partial charge in [-0.1, -0.05) is 0 Å². The minimum absolute atomic E-state index is 0.0376. The monoisotopic (exact) mass is 212 g/mol. The summed E-state index contributed by atoms with van der Waals surface area (Å²) in [4.78, 5) is 16.3. The van der Waals surface area contributed by atoms with Gasteiger partial charge in [0, 0.05) is 37.6 Å². The Morgan fingerprint density at radius 2 is 1.73 bits per heavy atom. The Bertz CT molecular complexity index is 230. The van der Waals surface area contributed by atoms with Gasteiger partial charge in [0.25, 0.3) is 0 Å². The van der Waals surface area contributed by atoms with Gasteiger partial charge in [0.2, 0.25) is 5.91 Å². The number of carbonyl (C=O) groups is 1. The third kappa shape index (κ3) is 3.20. The molecule has 1 fully saturated rings. The van der Waals surface area contributed by atoms with Crippen LogP contribution < -0.4 is 0 Å². The fourth-order valence-corrected chi connectivity index (χ4v) is 2.07. The highest BCUT2D eigenvalue weighted by Gasteiger charge is 2.29. The molecule has 1 aliphatic heterocycles. The Balaban J connectivity index is 2.68. The van der Waals surface area contributed by atoms with Crippen molar-refractivity contribution in [2.24, 2.45) is 0 Å². The molecule has 3 heteroatoms. The van der Waals surface area contributed by atoms with E-state index in [4.69, 9.17) is 0 Å². The summed E-state index contributed by atoms with van der Waals surface area (Å²) in [7, 11) is 0. The minimum atomic E-state index is -0.0376. The van der Waals surface area contributed by atoms with Crippen molar-refractivity contribution >= 4 is 5.91 Å². The number of amides is 1.